The number of nitrogens with one attached hydrogen (secondary N) is 1. The summed E-state index contributed by atoms with van der Waals surface area (Å²) < 4.78 is 0. The number of hydrogen-bond acceptors (Lipinski definition) is 2. The molecule has 3 rings (SSSR count). The van der Waals surface area contributed by atoms with E-state index >= 15 is 0 Å². The van der Waals surface area contributed by atoms with Gasteiger partial charge in [0.2, 0.25) is 5.91 Å². The third-order valence-electron chi connectivity index (χ3n) is 4.44. The lowest BCUT2D eigenvalue weighted by Gasteiger charge is -2.32. The molecule has 0 radical (unpaired) electrons. The maximum Gasteiger partial charge on any atom is 0.234 e. The number of carbonyl (C=O) groups excluding carboxylic acids is 1. The summed E-state index contributed by atoms with van der Waals surface area (Å²) in [7, 11) is 0. The highest BCUT2D eigenvalue weighted by molar-refractivity contribution is 5.98. The van der Waals surface area contributed by atoms with Gasteiger partial charge in [0.1, 0.15) is 0 Å². The van der Waals surface area contributed by atoms with Crippen LogP contribution in [0.3, 0.4) is 0 Å². The molecule has 0 aliphatic heterocycles. The second-order valence-corrected chi connectivity index (χ2v) is 5.79. The van der Waals surface area contributed by atoms with Crippen LogP contribution >= 0.6 is 0 Å². The first kappa shape index (κ1) is 13.8. The number of benzene rings is 1. The first-order chi connectivity index (χ1) is 10.2. The molecule has 1 aliphatic carbocycles. The predicted octanol–water partition coefficient (Wildman–Crippen LogP) is 4.31. The van der Waals surface area contributed by atoms with Crippen LogP contribution in [-0.2, 0) is 4.79 Å². The summed E-state index contributed by atoms with van der Waals surface area (Å²) in [6.45, 7) is 3.89. The molecule has 1 aliphatic rings. The Labute approximate surface area is 125 Å². The normalized spacial score (nSPS) is 17.3. The number of nitrogens with zero attached hydrogens (tertiary/aromatic N) is 1. The van der Waals surface area contributed by atoms with Crippen LogP contribution in [0, 0.1) is 5.41 Å². The fourth-order valence-electron chi connectivity index (χ4n) is 3.10. The Morgan fingerprint density at radius 3 is 2.76 bits per heavy atom. The topological polar surface area (TPSA) is 42.0 Å². The number of amides is 1. The molecule has 108 valence electrons. The number of anilines is 1. The Morgan fingerprint density at radius 1 is 1.24 bits per heavy atom. The van der Waals surface area contributed by atoms with Crippen LogP contribution in [0.25, 0.3) is 10.9 Å². The van der Waals surface area contributed by atoms with E-state index in [9.17, 15) is 4.79 Å². The van der Waals surface area contributed by atoms with Crippen LogP contribution in [0.5, 0.6) is 0 Å². The van der Waals surface area contributed by atoms with E-state index in [0.717, 1.165) is 42.3 Å². The van der Waals surface area contributed by atoms with E-state index in [0.29, 0.717) is 0 Å². The lowest BCUT2D eigenvalue weighted by molar-refractivity contribution is -0.124. The Kier molecular flexibility index (Phi) is 3.74. The van der Waals surface area contributed by atoms with Crippen molar-refractivity contribution in [1.82, 2.24) is 4.98 Å². The summed E-state index contributed by atoms with van der Waals surface area (Å²) in [6, 6.07) is 9.87. The van der Waals surface area contributed by atoms with Gasteiger partial charge in [-0.2, -0.15) is 0 Å². The number of carbonyl (C=O) groups is 1. The molecule has 1 heterocycles. The molecule has 3 nitrogen and oxygen atoms in total. The monoisotopic (exact) mass is 280 g/mol. The minimum absolute atomic E-state index is 0.0503. The van der Waals surface area contributed by atoms with E-state index in [4.69, 9.17) is 0 Å². The largest absolute Gasteiger partial charge is 0.324 e. The van der Waals surface area contributed by atoms with E-state index in [1.807, 2.05) is 36.4 Å². The van der Waals surface area contributed by atoms with Gasteiger partial charge in [-0.3, -0.25) is 9.78 Å². The molecule has 1 amide bonds. The van der Waals surface area contributed by atoms with Crippen molar-refractivity contribution in [3.05, 3.63) is 49.2 Å². The van der Waals surface area contributed by atoms with Crippen LogP contribution < -0.4 is 5.32 Å². The van der Waals surface area contributed by atoms with Gasteiger partial charge in [0.05, 0.1) is 22.8 Å². The van der Waals surface area contributed by atoms with Crippen molar-refractivity contribution in [1.29, 1.82) is 0 Å². The minimum atomic E-state index is -0.413. The smallest absolute Gasteiger partial charge is 0.234 e. The zero-order valence-corrected chi connectivity index (χ0v) is 12.1. The van der Waals surface area contributed by atoms with Crippen LogP contribution in [0.1, 0.15) is 32.1 Å². The zero-order chi connectivity index (χ0) is 14.7. The highest BCUT2D eigenvalue weighted by Crippen LogP contribution is 2.38. The van der Waals surface area contributed by atoms with Gasteiger partial charge in [-0.1, -0.05) is 43.5 Å². The Balaban J connectivity index is 1.83. The average Bonchev–Trinajstić information content (AvgIpc) is 2.55. The quantitative estimate of drug-likeness (QED) is 0.851. The molecule has 21 heavy (non-hydrogen) atoms. The van der Waals surface area contributed by atoms with Crippen molar-refractivity contribution >= 4 is 22.5 Å². The maximum absolute atomic E-state index is 12.6. The number of para-hydroxylation sites is 1. The van der Waals surface area contributed by atoms with E-state index < -0.39 is 5.41 Å². The summed E-state index contributed by atoms with van der Waals surface area (Å²) in [5.74, 6) is 0.0503. The molecule has 1 N–H and O–H groups in total. The minimum Gasteiger partial charge on any atom is -0.324 e. The van der Waals surface area contributed by atoms with Crippen LogP contribution in [-0.4, -0.2) is 10.9 Å². The summed E-state index contributed by atoms with van der Waals surface area (Å²) >= 11 is 0. The summed E-state index contributed by atoms with van der Waals surface area (Å²) in [5.41, 5.74) is 1.28. The third-order valence-corrected chi connectivity index (χ3v) is 4.44. The van der Waals surface area contributed by atoms with Gasteiger partial charge in [0.25, 0.3) is 0 Å². The average molecular weight is 280 g/mol. The summed E-state index contributed by atoms with van der Waals surface area (Å²) in [5, 5.41) is 4.06. The molecule has 0 saturated heterocycles. The van der Waals surface area contributed by atoms with Gasteiger partial charge in [0, 0.05) is 5.39 Å². The SMILES string of the molecule is C=CC1(C(=O)Nc2cnc3ccccc3c2)CCCCC1. The van der Waals surface area contributed by atoms with E-state index in [2.05, 4.69) is 16.9 Å². The van der Waals surface area contributed by atoms with Crippen LogP contribution in [0.4, 0.5) is 5.69 Å². The highest BCUT2D eigenvalue weighted by atomic mass is 16.2. The summed E-state index contributed by atoms with van der Waals surface area (Å²) in [4.78, 5) is 17.0. The second-order valence-electron chi connectivity index (χ2n) is 5.79. The fourth-order valence-corrected chi connectivity index (χ4v) is 3.10. The van der Waals surface area contributed by atoms with E-state index in [-0.39, 0.29) is 5.91 Å². The van der Waals surface area contributed by atoms with Gasteiger partial charge in [0.15, 0.2) is 0 Å². The van der Waals surface area contributed by atoms with Gasteiger partial charge in [-0.25, -0.2) is 0 Å². The Hall–Kier alpha value is -2.16. The Bertz CT molecular complexity index is 672. The summed E-state index contributed by atoms with van der Waals surface area (Å²) in [6.07, 6.45) is 8.73. The zero-order valence-electron chi connectivity index (χ0n) is 12.1. The van der Waals surface area contributed by atoms with Crippen molar-refractivity contribution in [2.24, 2.45) is 5.41 Å². The van der Waals surface area contributed by atoms with Gasteiger partial charge < -0.3 is 5.32 Å². The van der Waals surface area contributed by atoms with Gasteiger partial charge in [-0.15, -0.1) is 6.58 Å². The molecule has 1 aromatic heterocycles. The maximum atomic E-state index is 12.6. The second kappa shape index (κ2) is 5.68. The van der Waals surface area contributed by atoms with Crippen molar-refractivity contribution in [3.63, 3.8) is 0 Å². The third kappa shape index (κ3) is 2.68. The first-order valence-corrected chi connectivity index (χ1v) is 7.53. The number of pyridine rings is 1. The number of aromatic nitrogens is 1. The standard InChI is InChI=1S/C18H20N2O/c1-2-18(10-6-3-7-11-18)17(21)20-15-12-14-8-4-5-9-16(14)19-13-15/h2,4-5,8-9,12-13H,1,3,6-7,10-11H2,(H,20,21). The first-order valence-electron chi connectivity index (χ1n) is 7.53. The number of hydrogen-bond donors (Lipinski definition) is 1. The van der Waals surface area contributed by atoms with Gasteiger partial charge >= 0.3 is 0 Å². The molecule has 0 atom stereocenters. The van der Waals surface area contributed by atoms with Gasteiger partial charge in [-0.05, 0) is 25.0 Å². The molecular formula is C18H20N2O. The van der Waals surface area contributed by atoms with Crippen LogP contribution in [0.15, 0.2) is 49.2 Å². The molecule has 0 spiro atoms. The molecule has 0 unspecified atom stereocenters. The fraction of sp³-hybridized carbons (Fsp3) is 0.333. The molecule has 1 saturated carbocycles. The Morgan fingerprint density at radius 2 is 2.00 bits per heavy atom. The molecule has 1 aromatic carbocycles. The molecule has 2 aromatic rings. The lowest BCUT2D eigenvalue weighted by Crippen LogP contribution is -2.36. The lowest BCUT2D eigenvalue weighted by atomic mass is 9.73. The van der Waals surface area contributed by atoms with Crippen molar-refractivity contribution in [2.45, 2.75) is 32.1 Å². The molecule has 3 heteroatoms. The van der Waals surface area contributed by atoms with E-state index in [1.54, 1.807) is 6.20 Å². The van der Waals surface area contributed by atoms with E-state index in [1.165, 1.54) is 6.42 Å². The molecule has 0 bridgehead atoms. The van der Waals surface area contributed by atoms with Crippen molar-refractivity contribution in [3.8, 4) is 0 Å². The molecule has 1 fully saturated rings. The number of fused-ring (bicyclic) bond motifs is 1. The van der Waals surface area contributed by atoms with Crippen LogP contribution in [0.2, 0.25) is 0 Å². The predicted molar refractivity (Wildman–Crippen MR) is 86.1 cm³/mol. The van der Waals surface area contributed by atoms with Crippen molar-refractivity contribution in [2.75, 3.05) is 5.32 Å². The number of rotatable bonds is 3. The molecular weight excluding hydrogens is 260 g/mol. The van der Waals surface area contributed by atoms with Crippen molar-refractivity contribution < 1.29 is 4.79 Å². The highest BCUT2D eigenvalue weighted by Gasteiger charge is 2.36.